The predicted octanol–water partition coefficient (Wildman–Crippen LogP) is 2.91. The van der Waals surface area contributed by atoms with E-state index in [0.717, 1.165) is 48.0 Å². The Bertz CT molecular complexity index is 1240. The summed E-state index contributed by atoms with van der Waals surface area (Å²) in [5.41, 5.74) is 4.94. The Balaban J connectivity index is 1.39. The van der Waals surface area contributed by atoms with Crippen molar-refractivity contribution < 1.29 is 9.90 Å². The first-order valence-corrected chi connectivity index (χ1v) is 11.0. The van der Waals surface area contributed by atoms with Crippen LogP contribution in [0.5, 0.6) is 0 Å². The monoisotopic (exact) mass is 430 g/mol. The molecule has 4 aromatic rings. The van der Waals surface area contributed by atoms with Gasteiger partial charge in [-0.3, -0.25) is 19.4 Å². The average molecular weight is 431 g/mol. The summed E-state index contributed by atoms with van der Waals surface area (Å²) in [5, 5.41) is 17.5. The smallest absolute Gasteiger partial charge is 0.255 e. The van der Waals surface area contributed by atoms with Crippen LogP contribution in [0, 0.1) is 0 Å². The van der Waals surface area contributed by atoms with Crippen molar-refractivity contribution in [3.05, 3.63) is 66.4 Å². The summed E-state index contributed by atoms with van der Waals surface area (Å²) >= 11 is 0. The Kier molecular flexibility index (Phi) is 5.45. The second-order valence-electron chi connectivity index (χ2n) is 8.43. The van der Waals surface area contributed by atoms with E-state index in [1.165, 1.54) is 0 Å². The summed E-state index contributed by atoms with van der Waals surface area (Å²) in [4.78, 5) is 22.1. The fourth-order valence-electron chi connectivity index (χ4n) is 4.38. The molecular weight excluding hydrogens is 404 g/mol. The highest BCUT2D eigenvalue weighted by atomic mass is 16.3. The lowest BCUT2D eigenvalue weighted by Gasteiger charge is -2.28. The van der Waals surface area contributed by atoms with Crippen LogP contribution in [-0.4, -0.2) is 47.5 Å². The molecule has 4 aromatic heterocycles. The van der Waals surface area contributed by atoms with Crippen molar-refractivity contribution in [2.45, 2.75) is 44.4 Å². The number of aromatic nitrogens is 5. The minimum Gasteiger partial charge on any atom is -0.391 e. The SMILES string of the molecule is Cn1cc(-c2ccc(Cn3cc(C(=O)NC4CCCCC4O)c4ncccc43)cn2)cn1. The van der Waals surface area contributed by atoms with E-state index >= 15 is 0 Å². The molecule has 1 amide bonds. The maximum Gasteiger partial charge on any atom is 0.255 e. The molecule has 32 heavy (non-hydrogen) atoms. The van der Waals surface area contributed by atoms with E-state index in [1.54, 1.807) is 17.1 Å². The van der Waals surface area contributed by atoms with Gasteiger partial charge in [-0.15, -0.1) is 0 Å². The molecular formula is C24H26N6O2. The van der Waals surface area contributed by atoms with E-state index in [-0.39, 0.29) is 11.9 Å². The summed E-state index contributed by atoms with van der Waals surface area (Å²) in [5.74, 6) is -0.191. The zero-order chi connectivity index (χ0) is 22.1. The number of aliphatic hydroxyl groups is 1. The van der Waals surface area contributed by atoms with Crippen LogP contribution in [0.1, 0.15) is 41.6 Å². The first-order valence-electron chi connectivity index (χ1n) is 11.0. The van der Waals surface area contributed by atoms with Crippen LogP contribution in [0.25, 0.3) is 22.3 Å². The van der Waals surface area contributed by atoms with Crippen molar-refractivity contribution in [2.75, 3.05) is 0 Å². The molecule has 0 aromatic carbocycles. The summed E-state index contributed by atoms with van der Waals surface area (Å²) < 4.78 is 3.78. The highest BCUT2D eigenvalue weighted by molar-refractivity contribution is 6.05. The Labute approximate surface area is 185 Å². The number of carbonyl (C=O) groups is 1. The fraction of sp³-hybridized carbons (Fsp3) is 0.333. The highest BCUT2D eigenvalue weighted by Gasteiger charge is 2.26. The van der Waals surface area contributed by atoms with Crippen molar-refractivity contribution in [2.24, 2.45) is 7.05 Å². The van der Waals surface area contributed by atoms with E-state index < -0.39 is 6.10 Å². The quantitative estimate of drug-likeness (QED) is 0.507. The molecule has 8 heteroatoms. The molecule has 1 fully saturated rings. The second kappa shape index (κ2) is 8.55. The second-order valence-corrected chi connectivity index (χ2v) is 8.43. The van der Waals surface area contributed by atoms with Gasteiger partial charge in [0.05, 0.1) is 35.1 Å². The van der Waals surface area contributed by atoms with Crippen LogP contribution in [0.4, 0.5) is 0 Å². The topological polar surface area (TPSA) is 97.9 Å². The molecule has 0 spiro atoms. The minimum absolute atomic E-state index is 0.191. The number of aryl methyl sites for hydroxylation is 1. The largest absolute Gasteiger partial charge is 0.391 e. The molecule has 8 nitrogen and oxygen atoms in total. The van der Waals surface area contributed by atoms with Crippen LogP contribution in [0.15, 0.2) is 55.2 Å². The number of hydrogen-bond acceptors (Lipinski definition) is 5. The van der Waals surface area contributed by atoms with Crippen molar-refractivity contribution in [1.29, 1.82) is 0 Å². The molecule has 164 valence electrons. The van der Waals surface area contributed by atoms with Crippen molar-refractivity contribution in [3.8, 4) is 11.3 Å². The van der Waals surface area contributed by atoms with Crippen LogP contribution >= 0.6 is 0 Å². The molecule has 1 aliphatic rings. The van der Waals surface area contributed by atoms with Crippen molar-refractivity contribution in [1.82, 2.24) is 29.6 Å². The molecule has 4 heterocycles. The van der Waals surface area contributed by atoms with Crippen LogP contribution in [-0.2, 0) is 13.6 Å². The van der Waals surface area contributed by atoms with Crippen molar-refractivity contribution in [3.63, 3.8) is 0 Å². The number of pyridine rings is 2. The molecule has 0 radical (unpaired) electrons. The lowest BCUT2D eigenvalue weighted by molar-refractivity contribution is 0.0718. The van der Waals surface area contributed by atoms with Gasteiger partial charge in [-0.05, 0) is 36.6 Å². The van der Waals surface area contributed by atoms with E-state index in [4.69, 9.17) is 0 Å². The van der Waals surface area contributed by atoms with Gasteiger partial charge in [0, 0.05) is 43.9 Å². The first kappa shape index (κ1) is 20.4. The number of fused-ring (bicyclic) bond motifs is 1. The lowest BCUT2D eigenvalue weighted by Crippen LogP contribution is -2.45. The van der Waals surface area contributed by atoms with E-state index in [2.05, 4.69) is 20.4 Å². The summed E-state index contributed by atoms with van der Waals surface area (Å²) in [7, 11) is 1.88. The van der Waals surface area contributed by atoms with Gasteiger partial charge in [0.2, 0.25) is 0 Å². The summed E-state index contributed by atoms with van der Waals surface area (Å²) in [6.45, 7) is 0.571. The molecule has 2 unspecified atom stereocenters. The third-order valence-corrected chi connectivity index (χ3v) is 6.10. The number of rotatable bonds is 5. The fourth-order valence-corrected chi connectivity index (χ4v) is 4.38. The normalized spacial score (nSPS) is 18.7. The highest BCUT2D eigenvalue weighted by Crippen LogP contribution is 2.23. The van der Waals surface area contributed by atoms with Crippen LogP contribution < -0.4 is 5.32 Å². The van der Waals surface area contributed by atoms with Gasteiger partial charge in [0.15, 0.2) is 0 Å². The average Bonchev–Trinajstić information content (AvgIpc) is 3.40. The summed E-state index contributed by atoms with van der Waals surface area (Å²) in [6.07, 6.45) is 12.2. The number of amides is 1. The number of carbonyl (C=O) groups excluding carboxylic acids is 1. The third kappa shape index (κ3) is 4.01. The maximum absolute atomic E-state index is 13.0. The van der Waals surface area contributed by atoms with Gasteiger partial charge in [-0.25, -0.2) is 0 Å². The molecule has 5 rings (SSSR count). The van der Waals surface area contributed by atoms with Gasteiger partial charge in [0.25, 0.3) is 5.91 Å². The maximum atomic E-state index is 13.0. The lowest BCUT2D eigenvalue weighted by atomic mass is 9.92. The molecule has 1 saturated carbocycles. The standard InChI is InChI=1S/C24H26N6O2/c1-29-14-17(12-27-29)19-9-8-16(11-26-19)13-30-15-18(23-21(30)6-4-10-25-23)24(32)28-20-5-2-3-7-22(20)31/h4,6,8-12,14-15,20,22,31H,2-3,5,7,13H2,1H3,(H,28,32). The number of nitrogens with one attached hydrogen (secondary N) is 1. The van der Waals surface area contributed by atoms with E-state index in [1.807, 2.05) is 54.5 Å². The van der Waals surface area contributed by atoms with Gasteiger partial charge in [-0.1, -0.05) is 18.9 Å². The predicted molar refractivity (Wildman–Crippen MR) is 121 cm³/mol. The van der Waals surface area contributed by atoms with Gasteiger partial charge < -0.3 is 15.0 Å². The Hall–Kier alpha value is -3.52. The molecule has 2 N–H and O–H groups in total. The third-order valence-electron chi connectivity index (χ3n) is 6.10. The number of hydrogen-bond donors (Lipinski definition) is 2. The zero-order valence-electron chi connectivity index (χ0n) is 18.0. The molecule has 1 aliphatic carbocycles. The molecule has 0 saturated heterocycles. The first-order chi connectivity index (χ1) is 15.6. The van der Waals surface area contributed by atoms with Crippen molar-refractivity contribution >= 4 is 16.9 Å². The van der Waals surface area contributed by atoms with Gasteiger partial charge in [-0.2, -0.15) is 5.10 Å². The van der Waals surface area contributed by atoms with Crippen LogP contribution in [0.2, 0.25) is 0 Å². The van der Waals surface area contributed by atoms with E-state index in [9.17, 15) is 9.90 Å². The molecule has 0 aliphatic heterocycles. The van der Waals surface area contributed by atoms with Gasteiger partial charge >= 0.3 is 0 Å². The Morgan fingerprint density at radius 1 is 1.16 bits per heavy atom. The zero-order valence-corrected chi connectivity index (χ0v) is 18.0. The number of nitrogens with zero attached hydrogens (tertiary/aromatic N) is 5. The Morgan fingerprint density at radius 2 is 2.03 bits per heavy atom. The Morgan fingerprint density at radius 3 is 2.78 bits per heavy atom. The molecule has 0 bridgehead atoms. The van der Waals surface area contributed by atoms with Gasteiger partial charge in [0.1, 0.15) is 5.52 Å². The minimum atomic E-state index is -0.488. The summed E-state index contributed by atoms with van der Waals surface area (Å²) in [6, 6.07) is 7.65. The van der Waals surface area contributed by atoms with Crippen LogP contribution in [0.3, 0.4) is 0 Å². The number of aliphatic hydroxyl groups excluding tert-OH is 1. The van der Waals surface area contributed by atoms with E-state index in [0.29, 0.717) is 17.6 Å². The molecule has 2 atom stereocenters.